The van der Waals surface area contributed by atoms with Crippen molar-refractivity contribution in [3.63, 3.8) is 0 Å². The summed E-state index contributed by atoms with van der Waals surface area (Å²) in [5.41, 5.74) is 4.46. The quantitative estimate of drug-likeness (QED) is 0.314. The third-order valence-corrected chi connectivity index (χ3v) is 5.13. The van der Waals surface area contributed by atoms with Gasteiger partial charge >= 0.3 is 11.9 Å². The van der Waals surface area contributed by atoms with Gasteiger partial charge in [-0.05, 0) is 63.2 Å². The van der Waals surface area contributed by atoms with Crippen LogP contribution in [0.3, 0.4) is 0 Å². The summed E-state index contributed by atoms with van der Waals surface area (Å²) in [5, 5.41) is 0.675. The Kier molecular flexibility index (Phi) is 5.58. The van der Waals surface area contributed by atoms with E-state index in [1.165, 1.54) is 0 Å². The van der Waals surface area contributed by atoms with Crippen molar-refractivity contribution < 1.29 is 19.1 Å². The van der Waals surface area contributed by atoms with E-state index in [1.807, 2.05) is 66.9 Å². The Morgan fingerprint density at radius 1 is 0.871 bits per heavy atom. The first kappa shape index (κ1) is 20.4. The molecular formula is C26H23NO4. The van der Waals surface area contributed by atoms with Gasteiger partial charge in [0.1, 0.15) is 5.75 Å². The van der Waals surface area contributed by atoms with Gasteiger partial charge in [-0.25, -0.2) is 9.59 Å². The monoisotopic (exact) mass is 413 g/mol. The van der Waals surface area contributed by atoms with E-state index < -0.39 is 11.9 Å². The van der Waals surface area contributed by atoms with Crippen LogP contribution >= 0.6 is 0 Å². The molecule has 5 heteroatoms. The molecule has 156 valence electrons. The third-order valence-electron chi connectivity index (χ3n) is 5.13. The largest absolute Gasteiger partial charge is 0.462 e. The lowest BCUT2D eigenvalue weighted by atomic mass is 10.1. The van der Waals surface area contributed by atoms with Gasteiger partial charge in [0.2, 0.25) is 0 Å². The Bertz CT molecular complexity index is 1270. The number of aryl methyl sites for hydroxylation is 1. The molecule has 0 saturated carbocycles. The second kappa shape index (κ2) is 8.48. The molecule has 5 nitrogen and oxygen atoms in total. The number of hydrogen-bond donors (Lipinski definition) is 0. The lowest BCUT2D eigenvalue weighted by molar-refractivity contribution is 0.0527. The van der Waals surface area contributed by atoms with E-state index in [4.69, 9.17) is 9.47 Å². The number of para-hydroxylation sites is 1. The summed E-state index contributed by atoms with van der Waals surface area (Å²) in [6, 6.07) is 22.4. The number of carbonyl (C=O) groups is 2. The van der Waals surface area contributed by atoms with Crippen LogP contribution in [0.2, 0.25) is 0 Å². The minimum Gasteiger partial charge on any atom is -0.462 e. The topological polar surface area (TPSA) is 57.5 Å². The Hall–Kier alpha value is -3.86. The second-order valence-corrected chi connectivity index (χ2v) is 7.29. The number of esters is 2. The van der Waals surface area contributed by atoms with Crippen molar-refractivity contribution in [2.75, 3.05) is 6.61 Å². The van der Waals surface area contributed by atoms with Crippen LogP contribution in [0.1, 0.15) is 38.9 Å². The van der Waals surface area contributed by atoms with Crippen LogP contribution in [0.4, 0.5) is 0 Å². The van der Waals surface area contributed by atoms with Crippen LogP contribution in [0.5, 0.6) is 5.75 Å². The lowest BCUT2D eigenvalue weighted by Gasteiger charge is -2.09. The molecule has 0 atom stereocenters. The van der Waals surface area contributed by atoms with Crippen molar-refractivity contribution in [2.24, 2.45) is 0 Å². The van der Waals surface area contributed by atoms with Crippen molar-refractivity contribution in [3.05, 3.63) is 95.2 Å². The van der Waals surface area contributed by atoms with Crippen molar-refractivity contribution in [2.45, 2.75) is 20.8 Å². The first-order chi connectivity index (χ1) is 15.0. The summed E-state index contributed by atoms with van der Waals surface area (Å²) in [5.74, 6) is -0.475. The van der Waals surface area contributed by atoms with Crippen molar-refractivity contribution >= 4 is 22.8 Å². The first-order valence-corrected chi connectivity index (χ1v) is 10.2. The van der Waals surface area contributed by atoms with E-state index in [0.29, 0.717) is 22.3 Å². The maximum atomic E-state index is 12.8. The molecular weight excluding hydrogens is 390 g/mol. The molecule has 0 bridgehead atoms. The predicted molar refractivity (Wildman–Crippen MR) is 120 cm³/mol. The number of nitrogens with zero attached hydrogens (tertiary/aromatic N) is 1. The number of hydrogen-bond acceptors (Lipinski definition) is 4. The molecule has 0 radical (unpaired) electrons. The normalized spacial score (nSPS) is 10.8. The van der Waals surface area contributed by atoms with Crippen molar-refractivity contribution in [1.29, 1.82) is 0 Å². The summed E-state index contributed by atoms with van der Waals surface area (Å²) in [7, 11) is 0. The highest BCUT2D eigenvalue weighted by atomic mass is 16.5. The molecule has 4 rings (SSSR count). The molecule has 1 aromatic heterocycles. The minimum atomic E-state index is -0.444. The second-order valence-electron chi connectivity index (χ2n) is 7.29. The van der Waals surface area contributed by atoms with Gasteiger partial charge in [0.15, 0.2) is 0 Å². The maximum absolute atomic E-state index is 12.8. The van der Waals surface area contributed by atoms with E-state index in [0.717, 1.165) is 22.5 Å². The van der Waals surface area contributed by atoms with E-state index in [1.54, 1.807) is 31.2 Å². The fraction of sp³-hybridized carbons (Fsp3) is 0.154. The zero-order chi connectivity index (χ0) is 22.0. The smallest absolute Gasteiger partial charge is 0.343 e. The van der Waals surface area contributed by atoms with Gasteiger partial charge in [-0.1, -0.05) is 35.9 Å². The molecule has 0 aliphatic carbocycles. The fourth-order valence-electron chi connectivity index (χ4n) is 3.77. The SMILES string of the molecule is CCOC(=O)c1c(C)n(-c2ccccc2)c2ccc(OC(=O)c3cccc(C)c3)cc12. The Morgan fingerprint density at radius 3 is 2.35 bits per heavy atom. The summed E-state index contributed by atoms with van der Waals surface area (Å²) in [6.07, 6.45) is 0. The summed E-state index contributed by atoms with van der Waals surface area (Å²) >= 11 is 0. The van der Waals surface area contributed by atoms with Gasteiger partial charge in [-0.3, -0.25) is 0 Å². The molecule has 0 aliphatic heterocycles. The molecule has 0 amide bonds. The highest BCUT2D eigenvalue weighted by molar-refractivity contribution is 6.07. The predicted octanol–water partition coefficient (Wildman–Crippen LogP) is 5.64. The Labute approximate surface area is 180 Å². The number of carbonyl (C=O) groups excluding carboxylic acids is 2. The summed E-state index contributed by atoms with van der Waals surface area (Å²) in [4.78, 5) is 25.4. The van der Waals surface area contributed by atoms with Crippen LogP contribution < -0.4 is 4.74 Å². The van der Waals surface area contributed by atoms with E-state index >= 15 is 0 Å². The molecule has 31 heavy (non-hydrogen) atoms. The number of rotatable bonds is 5. The summed E-state index contributed by atoms with van der Waals surface area (Å²) in [6.45, 7) is 5.86. The van der Waals surface area contributed by atoms with Crippen molar-refractivity contribution in [3.8, 4) is 11.4 Å². The number of aromatic nitrogens is 1. The minimum absolute atomic E-state index is 0.276. The molecule has 0 unspecified atom stereocenters. The standard InChI is InChI=1S/C26H23NO4/c1-4-30-26(29)24-18(3)27(20-11-6-5-7-12-20)23-14-13-21(16-22(23)24)31-25(28)19-10-8-9-17(2)15-19/h5-16H,4H2,1-3H3. The molecule has 3 aromatic carbocycles. The van der Waals surface area contributed by atoms with E-state index in [2.05, 4.69) is 0 Å². The van der Waals surface area contributed by atoms with E-state index in [-0.39, 0.29) is 6.61 Å². The van der Waals surface area contributed by atoms with Gasteiger partial charge in [0, 0.05) is 16.8 Å². The van der Waals surface area contributed by atoms with Gasteiger partial charge in [-0.15, -0.1) is 0 Å². The van der Waals surface area contributed by atoms with Gasteiger partial charge < -0.3 is 14.0 Å². The average Bonchev–Trinajstić information content (AvgIpc) is 3.05. The molecule has 4 aromatic rings. The zero-order valence-electron chi connectivity index (χ0n) is 17.7. The van der Waals surface area contributed by atoms with Gasteiger partial charge in [0.05, 0.1) is 23.3 Å². The molecule has 1 heterocycles. The lowest BCUT2D eigenvalue weighted by Crippen LogP contribution is -2.09. The zero-order valence-corrected chi connectivity index (χ0v) is 17.7. The Balaban J connectivity index is 1.81. The Morgan fingerprint density at radius 2 is 1.65 bits per heavy atom. The fourth-order valence-corrected chi connectivity index (χ4v) is 3.77. The molecule has 0 aliphatic rings. The average molecular weight is 413 g/mol. The highest BCUT2D eigenvalue weighted by Gasteiger charge is 2.23. The van der Waals surface area contributed by atoms with Crippen LogP contribution in [0.25, 0.3) is 16.6 Å². The van der Waals surface area contributed by atoms with Crippen molar-refractivity contribution in [1.82, 2.24) is 4.57 Å². The first-order valence-electron chi connectivity index (χ1n) is 10.2. The van der Waals surface area contributed by atoms with Crippen LogP contribution in [-0.4, -0.2) is 23.1 Å². The van der Waals surface area contributed by atoms with Crippen LogP contribution in [0.15, 0.2) is 72.8 Å². The molecule has 0 N–H and O–H groups in total. The molecule has 0 saturated heterocycles. The van der Waals surface area contributed by atoms with E-state index in [9.17, 15) is 9.59 Å². The third kappa shape index (κ3) is 3.94. The number of benzene rings is 3. The van der Waals surface area contributed by atoms with Crippen LogP contribution in [-0.2, 0) is 4.74 Å². The van der Waals surface area contributed by atoms with Gasteiger partial charge in [0.25, 0.3) is 0 Å². The van der Waals surface area contributed by atoms with Crippen LogP contribution in [0, 0.1) is 13.8 Å². The maximum Gasteiger partial charge on any atom is 0.343 e. The molecule has 0 fully saturated rings. The number of ether oxygens (including phenoxy) is 2. The molecule has 0 spiro atoms. The number of fused-ring (bicyclic) bond motifs is 1. The summed E-state index contributed by atoms with van der Waals surface area (Å²) < 4.78 is 12.9. The highest BCUT2D eigenvalue weighted by Crippen LogP contribution is 2.32. The van der Waals surface area contributed by atoms with Gasteiger partial charge in [-0.2, -0.15) is 0 Å².